The Hall–Kier alpha value is -4.80. The molecule has 11 heteroatoms. The molecule has 1 fully saturated rings. The Bertz CT molecular complexity index is 1430. The van der Waals surface area contributed by atoms with Gasteiger partial charge in [0.25, 0.3) is 17.4 Å². The smallest absolute Gasteiger partial charge is 0.354 e. The van der Waals surface area contributed by atoms with Crippen LogP contribution in [0.2, 0.25) is 0 Å². The van der Waals surface area contributed by atoms with E-state index in [-0.39, 0.29) is 34.6 Å². The van der Waals surface area contributed by atoms with Crippen LogP contribution in [-0.4, -0.2) is 49.7 Å². The molecule has 2 N–H and O–H groups in total. The van der Waals surface area contributed by atoms with Crippen molar-refractivity contribution in [3.8, 4) is 0 Å². The van der Waals surface area contributed by atoms with Crippen LogP contribution >= 0.6 is 0 Å². The van der Waals surface area contributed by atoms with Crippen molar-refractivity contribution in [2.45, 2.75) is 26.4 Å². The normalized spacial score (nSPS) is 16.9. The highest BCUT2D eigenvalue weighted by molar-refractivity contribution is 6.46. The Labute approximate surface area is 205 Å². The Morgan fingerprint density at radius 1 is 1.25 bits per heavy atom. The molecule has 1 amide bonds. The van der Waals surface area contributed by atoms with Gasteiger partial charge in [-0.3, -0.25) is 24.7 Å². The van der Waals surface area contributed by atoms with Gasteiger partial charge in [-0.15, -0.1) is 0 Å². The second-order valence-electron chi connectivity index (χ2n) is 8.26. The van der Waals surface area contributed by atoms with Gasteiger partial charge in [-0.1, -0.05) is 18.2 Å². The fraction of sp³-hybridized carbons (Fsp3) is 0.200. The molecular formula is C25H22N4O7. The molecule has 1 atom stereocenters. The highest BCUT2D eigenvalue weighted by atomic mass is 16.6. The van der Waals surface area contributed by atoms with Gasteiger partial charge in [-0.2, -0.15) is 0 Å². The van der Waals surface area contributed by atoms with E-state index in [0.717, 1.165) is 0 Å². The number of aromatic amines is 1. The molecule has 1 saturated heterocycles. The lowest BCUT2D eigenvalue weighted by molar-refractivity contribution is -0.384. The number of aryl methyl sites for hydroxylation is 1. The fourth-order valence-corrected chi connectivity index (χ4v) is 4.43. The summed E-state index contributed by atoms with van der Waals surface area (Å²) in [6.45, 7) is 3.14. The first-order chi connectivity index (χ1) is 17.1. The molecule has 2 aromatic heterocycles. The van der Waals surface area contributed by atoms with E-state index in [0.29, 0.717) is 16.8 Å². The minimum Gasteiger partial charge on any atom is -0.507 e. The molecule has 0 aliphatic carbocycles. The number of Topliss-reactive ketones (excluding diaryl/α,β-unsaturated/α-hetero) is 1. The van der Waals surface area contributed by atoms with E-state index in [1.165, 1.54) is 36.4 Å². The third-order valence-corrected chi connectivity index (χ3v) is 6.08. The van der Waals surface area contributed by atoms with Gasteiger partial charge in [0, 0.05) is 42.3 Å². The SMILES string of the molecule is COC(=O)c1[nH]c(C)c(C(O)=C2C(=O)C(=O)N(Cc3cccnc3)[C@@H]2c2cccc([N+](=O)[O-])c2)c1C. The standard InChI is InChI=1S/C25H22N4O7/c1-13-18(14(2)27-20(13)25(33)36-3)22(30)19-21(16-7-4-8-17(10-16)29(34)35)28(24(32)23(19)31)12-15-6-5-9-26-11-15/h4-11,21,27,30H,12H2,1-3H3/t21-/m1/s1. The minimum absolute atomic E-state index is 0.0267. The Morgan fingerprint density at radius 3 is 2.64 bits per heavy atom. The highest BCUT2D eigenvalue weighted by Gasteiger charge is 2.47. The van der Waals surface area contributed by atoms with Gasteiger partial charge in [0.1, 0.15) is 11.5 Å². The lowest BCUT2D eigenvalue weighted by Gasteiger charge is -2.25. The van der Waals surface area contributed by atoms with E-state index in [4.69, 9.17) is 4.74 Å². The average molecular weight is 490 g/mol. The molecule has 0 bridgehead atoms. The molecule has 184 valence electrons. The Balaban J connectivity index is 1.94. The second-order valence-corrected chi connectivity index (χ2v) is 8.26. The number of non-ortho nitro benzene ring substituents is 1. The number of amides is 1. The summed E-state index contributed by atoms with van der Waals surface area (Å²) < 4.78 is 4.77. The third kappa shape index (κ3) is 4.11. The minimum atomic E-state index is -1.12. The number of ketones is 1. The summed E-state index contributed by atoms with van der Waals surface area (Å²) in [5, 5.41) is 22.8. The molecule has 3 heterocycles. The summed E-state index contributed by atoms with van der Waals surface area (Å²) >= 11 is 0. The molecule has 1 aliphatic rings. The zero-order valence-electron chi connectivity index (χ0n) is 19.6. The van der Waals surface area contributed by atoms with Crippen molar-refractivity contribution in [1.82, 2.24) is 14.9 Å². The monoisotopic (exact) mass is 490 g/mol. The fourth-order valence-electron chi connectivity index (χ4n) is 4.43. The zero-order chi connectivity index (χ0) is 26.1. The number of methoxy groups -OCH3 is 1. The molecule has 1 aliphatic heterocycles. The average Bonchev–Trinajstić information content (AvgIpc) is 3.31. The molecule has 3 aromatic rings. The number of carbonyl (C=O) groups excluding carboxylic acids is 3. The number of rotatable bonds is 6. The molecule has 4 rings (SSSR count). The number of nitrogens with zero attached hydrogens (tertiary/aromatic N) is 3. The predicted molar refractivity (Wildman–Crippen MR) is 127 cm³/mol. The third-order valence-electron chi connectivity index (χ3n) is 6.08. The lowest BCUT2D eigenvalue weighted by Crippen LogP contribution is -2.29. The van der Waals surface area contributed by atoms with Gasteiger partial charge >= 0.3 is 5.97 Å². The number of nitro benzene ring substituents is 1. The number of aromatic nitrogens is 2. The van der Waals surface area contributed by atoms with Gasteiger partial charge < -0.3 is 19.7 Å². The molecule has 1 aromatic carbocycles. The number of esters is 1. The van der Waals surface area contributed by atoms with Crippen molar-refractivity contribution in [3.05, 3.63) is 98.1 Å². The summed E-state index contributed by atoms with van der Waals surface area (Å²) in [7, 11) is 1.21. The number of hydrogen-bond acceptors (Lipinski definition) is 8. The number of likely N-dealkylation sites (tertiary alicyclic amines) is 1. The van der Waals surface area contributed by atoms with Crippen LogP contribution in [0.5, 0.6) is 0 Å². The van der Waals surface area contributed by atoms with Gasteiger partial charge in [-0.05, 0) is 36.6 Å². The number of nitro groups is 1. The predicted octanol–water partition coefficient (Wildman–Crippen LogP) is 3.34. The first-order valence-electron chi connectivity index (χ1n) is 10.8. The van der Waals surface area contributed by atoms with Crippen LogP contribution in [0.1, 0.15) is 44.5 Å². The van der Waals surface area contributed by atoms with E-state index in [9.17, 15) is 29.6 Å². The number of benzene rings is 1. The molecule has 0 unspecified atom stereocenters. The zero-order valence-corrected chi connectivity index (χ0v) is 19.6. The van der Waals surface area contributed by atoms with Crippen molar-refractivity contribution >= 4 is 29.1 Å². The molecule has 36 heavy (non-hydrogen) atoms. The van der Waals surface area contributed by atoms with E-state index < -0.39 is 34.4 Å². The number of aliphatic hydroxyl groups is 1. The molecule has 0 saturated carbocycles. The summed E-state index contributed by atoms with van der Waals surface area (Å²) in [4.78, 5) is 57.6. The van der Waals surface area contributed by atoms with Gasteiger partial charge in [0.05, 0.1) is 23.6 Å². The maximum Gasteiger partial charge on any atom is 0.354 e. The maximum atomic E-state index is 13.3. The summed E-state index contributed by atoms with van der Waals surface area (Å²) in [5.41, 5.74) is 1.38. The molecule has 0 radical (unpaired) electrons. The number of ether oxygens (including phenoxy) is 1. The van der Waals surface area contributed by atoms with E-state index in [1.54, 1.807) is 38.2 Å². The number of carbonyl (C=O) groups is 3. The van der Waals surface area contributed by atoms with E-state index in [1.807, 2.05) is 0 Å². The Kier molecular flexibility index (Phi) is 6.39. The van der Waals surface area contributed by atoms with Crippen molar-refractivity contribution in [2.75, 3.05) is 7.11 Å². The molecule has 11 nitrogen and oxygen atoms in total. The van der Waals surface area contributed by atoms with Gasteiger partial charge in [0.2, 0.25) is 0 Å². The van der Waals surface area contributed by atoms with Crippen LogP contribution in [-0.2, 0) is 20.9 Å². The topological polar surface area (TPSA) is 156 Å². The van der Waals surface area contributed by atoms with E-state index in [2.05, 4.69) is 9.97 Å². The van der Waals surface area contributed by atoms with Crippen molar-refractivity contribution in [2.24, 2.45) is 0 Å². The number of nitrogens with one attached hydrogen (secondary N) is 1. The van der Waals surface area contributed by atoms with Crippen LogP contribution in [0.3, 0.4) is 0 Å². The maximum absolute atomic E-state index is 13.3. The molecular weight excluding hydrogens is 468 g/mol. The Morgan fingerprint density at radius 2 is 2.00 bits per heavy atom. The van der Waals surface area contributed by atoms with Crippen molar-refractivity contribution in [3.63, 3.8) is 0 Å². The second kappa shape index (κ2) is 9.45. The number of aliphatic hydroxyl groups excluding tert-OH is 1. The van der Waals surface area contributed by atoms with Gasteiger partial charge in [-0.25, -0.2) is 4.79 Å². The van der Waals surface area contributed by atoms with Crippen LogP contribution in [0.25, 0.3) is 5.76 Å². The largest absolute Gasteiger partial charge is 0.507 e. The van der Waals surface area contributed by atoms with Crippen LogP contribution in [0.4, 0.5) is 5.69 Å². The summed E-state index contributed by atoms with van der Waals surface area (Å²) in [6.07, 6.45) is 3.10. The number of H-pyrrole nitrogens is 1. The first-order valence-corrected chi connectivity index (χ1v) is 10.8. The number of hydrogen-bond donors (Lipinski definition) is 2. The summed E-state index contributed by atoms with van der Waals surface area (Å²) in [6, 6.07) is 7.82. The van der Waals surface area contributed by atoms with E-state index >= 15 is 0 Å². The van der Waals surface area contributed by atoms with Gasteiger partial charge in [0.15, 0.2) is 0 Å². The first kappa shape index (κ1) is 24.3. The highest BCUT2D eigenvalue weighted by Crippen LogP contribution is 2.42. The van der Waals surface area contributed by atoms with Crippen LogP contribution in [0, 0.1) is 24.0 Å². The quantitative estimate of drug-likeness (QED) is 0.133. The van der Waals surface area contributed by atoms with Crippen LogP contribution in [0.15, 0.2) is 54.4 Å². The van der Waals surface area contributed by atoms with Crippen LogP contribution < -0.4 is 0 Å². The van der Waals surface area contributed by atoms with Crippen molar-refractivity contribution < 1.29 is 29.2 Å². The summed E-state index contributed by atoms with van der Waals surface area (Å²) in [5.74, 6) is -3.00. The van der Waals surface area contributed by atoms with Crippen molar-refractivity contribution in [1.29, 1.82) is 0 Å². The molecule has 0 spiro atoms. The number of pyridine rings is 1. The lowest BCUT2D eigenvalue weighted by atomic mass is 9.93.